The summed E-state index contributed by atoms with van der Waals surface area (Å²) < 4.78 is 7.69. The van der Waals surface area contributed by atoms with Crippen molar-refractivity contribution in [2.75, 3.05) is 26.7 Å². The maximum atomic E-state index is 13.9. The molecule has 0 atom stereocenters. The Morgan fingerprint density at radius 3 is 2.48 bits per heavy atom. The van der Waals surface area contributed by atoms with Crippen LogP contribution in [0.1, 0.15) is 65.1 Å². The first-order chi connectivity index (χ1) is 22.5. The number of carbonyl (C=O) groups is 2. The summed E-state index contributed by atoms with van der Waals surface area (Å²) >= 11 is 0. The van der Waals surface area contributed by atoms with Gasteiger partial charge in [0.25, 0.3) is 5.91 Å². The summed E-state index contributed by atoms with van der Waals surface area (Å²) in [5.74, 6) is 0.925. The second kappa shape index (κ2) is 13.0. The van der Waals surface area contributed by atoms with Gasteiger partial charge in [0, 0.05) is 68.8 Å². The van der Waals surface area contributed by atoms with Gasteiger partial charge in [-0.1, -0.05) is 86.1 Å². The van der Waals surface area contributed by atoms with E-state index in [1.165, 1.54) is 10.9 Å². The zero-order valence-electron chi connectivity index (χ0n) is 26.7. The van der Waals surface area contributed by atoms with Crippen LogP contribution in [0.25, 0.3) is 21.5 Å². The number of fused-ring (bicyclic) bond motifs is 3. The van der Waals surface area contributed by atoms with Crippen LogP contribution in [0, 0.1) is 0 Å². The summed E-state index contributed by atoms with van der Waals surface area (Å²) in [7, 11) is 1.71. The molecule has 0 unspecified atom stereocenters. The van der Waals surface area contributed by atoms with Crippen LogP contribution in [0.3, 0.4) is 0 Å². The third-order valence-electron chi connectivity index (χ3n) is 9.59. The normalized spacial score (nSPS) is 15.1. The number of nitrogens with one attached hydrogen (secondary N) is 1. The van der Waals surface area contributed by atoms with E-state index >= 15 is 0 Å². The quantitative estimate of drug-likeness (QED) is 0.201. The van der Waals surface area contributed by atoms with Gasteiger partial charge in [0.1, 0.15) is 5.75 Å². The molecule has 3 heterocycles. The first kappa shape index (κ1) is 30.0. The Kier molecular flexibility index (Phi) is 8.45. The number of methoxy groups -OCH3 is 1. The smallest absolute Gasteiger partial charge is 0.272 e. The van der Waals surface area contributed by atoms with E-state index in [0.717, 1.165) is 71.1 Å². The molecule has 4 aromatic carbocycles. The van der Waals surface area contributed by atoms with Crippen LogP contribution in [-0.2, 0) is 30.8 Å². The molecule has 2 aliphatic rings. The van der Waals surface area contributed by atoms with E-state index in [1.54, 1.807) is 7.11 Å². The number of hydrogen-bond donors (Lipinski definition) is 1. The molecule has 0 aliphatic carbocycles. The Morgan fingerprint density at radius 1 is 0.913 bits per heavy atom. The fraction of sp³-hybridized carbons (Fsp3) is 0.342. The zero-order valence-corrected chi connectivity index (χ0v) is 26.7. The number of ether oxygens (including phenoxy) is 1. The van der Waals surface area contributed by atoms with Gasteiger partial charge < -0.3 is 15.0 Å². The Balaban J connectivity index is 1.15. The van der Waals surface area contributed by atoms with Crippen LogP contribution < -0.4 is 10.1 Å². The summed E-state index contributed by atoms with van der Waals surface area (Å²) in [5.41, 5.74) is 4.92. The molecule has 8 heteroatoms. The minimum absolute atomic E-state index is 0.0935. The van der Waals surface area contributed by atoms with E-state index < -0.39 is 0 Å². The molecule has 236 valence electrons. The molecule has 1 N–H and O–H groups in total. The van der Waals surface area contributed by atoms with E-state index in [1.807, 2.05) is 35.2 Å². The van der Waals surface area contributed by atoms with Crippen molar-refractivity contribution in [1.82, 2.24) is 24.9 Å². The molecule has 1 aromatic heterocycles. The molecule has 1 fully saturated rings. The minimum Gasteiger partial charge on any atom is -0.496 e. The third kappa shape index (κ3) is 5.73. The fourth-order valence-corrected chi connectivity index (χ4v) is 7.02. The van der Waals surface area contributed by atoms with Gasteiger partial charge in [-0.05, 0) is 39.8 Å². The topological polar surface area (TPSA) is 79.7 Å². The number of rotatable bonds is 10. The van der Waals surface area contributed by atoms with Crippen molar-refractivity contribution in [2.24, 2.45) is 0 Å². The van der Waals surface area contributed by atoms with Gasteiger partial charge in [-0.15, -0.1) is 0 Å². The van der Waals surface area contributed by atoms with Gasteiger partial charge in [0.2, 0.25) is 5.91 Å². The fourth-order valence-electron chi connectivity index (χ4n) is 7.02. The average Bonchev–Trinajstić information content (AvgIpc) is 3.44. The molecular weight excluding hydrogens is 574 g/mol. The van der Waals surface area contributed by atoms with E-state index in [4.69, 9.17) is 9.84 Å². The van der Waals surface area contributed by atoms with Crippen LogP contribution in [-0.4, -0.2) is 58.1 Å². The molecule has 0 spiro atoms. The SMILES string of the molecule is CCCCC(=O)N1CC(n2nc(C(=O)NCc3cccc4ccccc34)c3c2CCN(Cc2ccc(OC)c4ccccc24)C3)C1. The molecule has 7 rings (SSSR count). The second-order valence-corrected chi connectivity index (χ2v) is 12.5. The molecule has 2 aliphatic heterocycles. The Bertz CT molecular complexity index is 1900. The third-order valence-corrected chi connectivity index (χ3v) is 9.59. The van der Waals surface area contributed by atoms with E-state index in [2.05, 4.69) is 70.4 Å². The van der Waals surface area contributed by atoms with Crippen molar-refractivity contribution in [2.45, 2.75) is 58.3 Å². The van der Waals surface area contributed by atoms with Gasteiger partial charge in [0.15, 0.2) is 5.69 Å². The number of aromatic nitrogens is 2. The van der Waals surface area contributed by atoms with Crippen molar-refractivity contribution < 1.29 is 14.3 Å². The number of nitrogens with zero attached hydrogens (tertiary/aromatic N) is 4. The standard InChI is InChI=1S/C38H41N5O3/c1-3-4-16-36(44)42-23-29(24-42)43-34-19-20-41(22-28-17-18-35(46-2)32-15-8-7-14-31(28)32)25-33(34)37(40-43)38(45)39-21-27-12-9-11-26-10-5-6-13-30(26)27/h5-15,17-18,29H,3-4,16,19-25H2,1-2H3,(H,39,45). The first-order valence-corrected chi connectivity index (χ1v) is 16.4. The van der Waals surface area contributed by atoms with Gasteiger partial charge in [-0.25, -0.2) is 0 Å². The summed E-state index contributed by atoms with van der Waals surface area (Å²) in [4.78, 5) is 30.9. The van der Waals surface area contributed by atoms with Gasteiger partial charge >= 0.3 is 0 Å². The van der Waals surface area contributed by atoms with Crippen molar-refractivity contribution in [3.63, 3.8) is 0 Å². The summed E-state index contributed by atoms with van der Waals surface area (Å²) in [6, 6.07) is 27.1. The number of amides is 2. The highest BCUT2D eigenvalue weighted by Gasteiger charge is 2.37. The summed E-state index contributed by atoms with van der Waals surface area (Å²) in [5, 5.41) is 12.7. The number of carbonyl (C=O) groups excluding carboxylic acids is 2. The van der Waals surface area contributed by atoms with Crippen LogP contribution in [0.5, 0.6) is 5.75 Å². The number of unbranched alkanes of at least 4 members (excludes halogenated alkanes) is 1. The number of benzene rings is 4. The monoisotopic (exact) mass is 615 g/mol. The molecular formula is C38H41N5O3. The highest BCUT2D eigenvalue weighted by atomic mass is 16.5. The zero-order chi connectivity index (χ0) is 31.6. The van der Waals surface area contributed by atoms with Crippen molar-refractivity contribution >= 4 is 33.4 Å². The largest absolute Gasteiger partial charge is 0.496 e. The maximum Gasteiger partial charge on any atom is 0.272 e. The highest BCUT2D eigenvalue weighted by Crippen LogP contribution is 2.33. The van der Waals surface area contributed by atoms with Crippen LogP contribution in [0.2, 0.25) is 0 Å². The molecule has 5 aromatic rings. The van der Waals surface area contributed by atoms with Crippen molar-refractivity contribution in [3.8, 4) is 5.75 Å². The predicted octanol–water partition coefficient (Wildman–Crippen LogP) is 6.26. The Hall–Kier alpha value is -4.69. The number of hydrogen-bond acceptors (Lipinski definition) is 5. The molecule has 1 saturated heterocycles. The molecule has 46 heavy (non-hydrogen) atoms. The van der Waals surface area contributed by atoms with Crippen molar-refractivity contribution in [1.29, 1.82) is 0 Å². The van der Waals surface area contributed by atoms with Gasteiger partial charge in [-0.3, -0.25) is 19.2 Å². The molecule has 0 radical (unpaired) electrons. The highest BCUT2D eigenvalue weighted by molar-refractivity contribution is 5.95. The van der Waals surface area contributed by atoms with E-state index in [0.29, 0.717) is 38.3 Å². The lowest BCUT2D eigenvalue weighted by atomic mass is 10.00. The van der Waals surface area contributed by atoms with Crippen LogP contribution in [0.15, 0.2) is 78.9 Å². The maximum absolute atomic E-state index is 13.9. The lowest BCUT2D eigenvalue weighted by Crippen LogP contribution is -2.51. The van der Waals surface area contributed by atoms with Gasteiger partial charge in [0.05, 0.1) is 13.2 Å². The van der Waals surface area contributed by atoms with E-state index in [9.17, 15) is 9.59 Å². The first-order valence-electron chi connectivity index (χ1n) is 16.4. The predicted molar refractivity (Wildman–Crippen MR) is 181 cm³/mol. The Morgan fingerprint density at radius 2 is 1.67 bits per heavy atom. The van der Waals surface area contributed by atoms with Crippen molar-refractivity contribution in [3.05, 3.63) is 107 Å². The van der Waals surface area contributed by atoms with Crippen LogP contribution >= 0.6 is 0 Å². The summed E-state index contributed by atoms with van der Waals surface area (Å²) in [6.07, 6.45) is 3.32. The molecule has 8 nitrogen and oxygen atoms in total. The molecule has 0 bridgehead atoms. The minimum atomic E-state index is -0.158. The average molecular weight is 616 g/mol. The van der Waals surface area contributed by atoms with E-state index in [-0.39, 0.29) is 17.9 Å². The lowest BCUT2D eigenvalue weighted by Gasteiger charge is -2.40. The summed E-state index contributed by atoms with van der Waals surface area (Å²) in [6.45, 7) is 6.09. The Labute approximate surface area is 269 Å². The molecule has 2 amide bonds. The molecule has 0 saturated carbocycles. The van der Waals surface area contributed by atoms with Gasteiger partial charge in [-0.2, -0.15) is 5.10 Å². The lowest BCUT2D eigenvalue weighted by molar-refractivity contribution is -0.137. The second-order valence-electron chi connectivity index (χ2n) is 12.5. The van der Waals surface area contributed by atoms with Crippen LogP contribution in [0.4, 0.5) is 0 Å². The number of likely N-dealkylation sites (tertiary alicyclic amines) is 1.